The van der Waals surface area contributed by atoms with Crippen molar-refractivity contribution in [2.24, 2.45) is 5.73 Å². The standard InChI is InChI=1S/C11H16N5O/c12-10(17)1-4-15-5-7-16(8-6-15)11-9-13-2-3-14-11/h1-3,9H,4-8H2,(H2,12,17). The summed E-state index contributed by atoms with van der Waals surface area (Å²) in [6.07, 6.45) is 6.65. The van der Waals surface area contributed by atoms with Gasteiger partial charge in [-0.1, -0.05) is 0 Å². The molecule has 1 radical (unpaired) electrons. The Morgan fingerprint density at radius 1 is 1.35 bits per heavy atom. The van der Waals surface area contributed by atoms with Gasteiger partial charge in [0.05, 0.1) is 12.6 Å². The molecular weight excluding hydrogens is 218 g/mol. The maximum atomic E-state index is 10.6. The third-order valence-corrected chi connectivity index (χ3v) is 2.80. The van der Waals surface area contributed by atoms with E-state index in [1.807, 2.05) is 0 Å². The molecule has 6 heteroatoms. The summed E-state index contributed by atoms with van der Waals surface area (Å²) in [4.78, 5) is 23.3. The lowest BCUT2D eigenvalue weighted by Crippen LogP contribution is -2.47. The molecule has 17 heavy (non-hydrogen) atoms. The molecule has 2 rings (SSSR count). The van der Waals surface area contributed by atoms with Crippen LogP contribution in [0.4, 0.5) is 5.82 Å². The van der Waals surface area contributed by atoms with E-state index in [2.05, 4.69) is 19.8 Å². The van der Waals surface area contributed by atoms with E-state index in [0.717, 1.165) is 32.0 Å². The van der Waals surface area contributed by atoms with Gasteiger partial charge in [0.25, 0.3) is 0 Å². The quantitative estimate of drug-likeness (QED) is 0.744. The smallest absolute Gasteiger partial charge is 0.222 e. The Balaban J connectivity index is 1.80. The van der Waals surface area contributed by atoms with Gasteiger partial charge in [-0.3, -0.25) is 14.7 Å². The Hall–Kier alpha value is -1.69. The fraction of sp³-hybridized carbons (Fsp3) is 0.455. The van der Waals surface area contributed by atoms with Gasteiger partial charge in [0.2, 0.25) is 5.91 Å². The molecule has 0 saturated carbocycles. The van der Waals surface area contributed by atoms with Crippen molar-refractivity contribution in [2.45, 2.75) is 0 Å². The normalized spacial score (nSPS) is 17.1. The van der Waals surface area contributed by atoms with E-state index < -0.39 is 0 Å². The van der Waals surface area contributed by atoms with Crippen molar-refractivity contribution in [1.29, 1.82) is 0 Å². The van der Waals surface area contributed by atoms with Crippen LogP contribution in [0.5, 0.6) is 0 Å². The van der Waals surface area contributed by atoms with Crippen LogP contribution in [0.2, 0.25) is 0 Å². The number of carbonyl (C=O) groups is 1. The molecule has 0 aromatic carbocycles. The molecule has 6 nitrogen and oxygen atoms in total. The molecule has 0 spiro atoms. The summed E-state index contributed by atoms with van der Waals surface area (Å²) in [6.45, 7) is 4.22. The summed E-state index contributed by atoms with van der Waals surface area (Å²) in [5.74, 6) is 0.549. The number of rotatable bonds is 4. The zero-order valence-corrected chi connectivity index (χ0v) is 9.62. The summed E-state index contributed by atoms with van der Waals surface area (Å²) >= 11 is 0. The number of primary amides is 1. The molecule has 1 aliphatic rings. The van der Waals surface area contributed by atoms with Crippen molar-refractivity contribution in [3.63, 3.8) is 0 Å². The van der Waals surface area contributed by atoms with Crippen molar-refractivity contribution >= 4 is 11.7 Å². The first kappa shape index (κ1) is 11.8. The number of hydrogen-bond acceptors (Lipinski definition) is 5. The highest BCUT2D eigenvalue weighted by Crippen LogP contribution is 2.11. The van der Waals surface area contributed by atoms with Gasteiger partial charge in [-0.2, -0.15) is 0 Å². The minimum Gasteiger partial charge on any atom is -0.369 e. The first-order chi connectivity index (χ1) is 8.25. The van der Waals surface area contributed by atoms with Crippen molar-refractivity contribution in [3.05, 3.63) is 25.0 Å². The molecule has 1 aromatic rings. The Labute approximate surface area is 100 Å². The Morgan fingerprint density at radius 2 is 2.12 bits per heavy atom. The summed E-state index contributed by atoms with van der Waals surface area (Å²) in [7, 11) is 0. The second-order valence-electron chi connectivity index (χ2n) is 3.96. The van der Waals surface area contributed by atoms with Gasteiger partial charge in [0, 0.05) is 45.1 Å². The predicted molar refractivity (Wildman–Crippen MR) is 64.2 cm³/mol. The second-order valence-corrected chi connectivity index (χ2v) is 3.96. The Kier molecular flexibility index (Phi) is 3.87. The molecule has 2 N–H and O–H groups in total. The van der Waals surface area contributed by atoms with Crippen LogP contribution in [0.15, 0.2) is 18.6 Å². The van der Waals surface area contributed by atoms with Crippen molar-refractivity contribution < 1.29 is 4.79 Å². The zero-order chi connectivity index (χ0) is 12.1. The summed E-state index contributed by atoms with van der Waals surface area (Å²) in [5.41, 5.74) is 5.08. The third-order valence-electron chi connectivity index (χ3n) is 2.80. The maximum Gasteiger partial charge on any atom is 0.222 e. The molecular formula is C11H16N5O. The minimum atomic E-state index is -0.360. The maximum absolute atomic E-state index is 10.6. The van der Waals surface area contributed by atoms with Crippen molar-refractivity contribution in [3.8, 4) is 0 Å². The zero-order valence-electron chi connectivity index (χ0n) is 9.62. The van der Waals surface area contributed by atoms with E-state index in [4.69, 9.17) is 5.73 Å². The number of carbonyl (C=O) groups excluding carboxylic acids is 1. The van der Waals surface area contributed by atoms with E-state index in [1.54, 1.807) is 18.6 Å². The van der Waals surface area contributed by atoms with Crippen LogP contribution in [-0.2, 0) is 4.79 Å². The molecule has 1 aliphatic heterocycles. The molecule has 0 bridgehead atoms. The second kappa shape index (κ2) is 5.58. The fourth-order valence-electron chi connectivity index (χ4n) is 1.83. The highest BCUT2D eigenvalue weighted by molar-refractivity contribution is 5.83. The van der Waals surface area contributed by atoms with Gasteiger partial charge in [-0.25, -0.2) is 4.98 Å². The van der Waals surface area contributed by atoms with Crippen molar-refractivity contribution in [2.75, 3.05) is 37.6 Å². The lowest BCUT2D eigenvalue weighted by molar-refractivity contribution is -0.115. The Bertz CT molecular complexity index is 361. The monoisotopic (exact) mass is 234 g/mol. The molecule has 91 valence electrons. The number of piperazine rings is 1. The SMILES string of the molecule is NC(=O)[CH]CN1CCN(c2cnccn2)CC1. The topological polar surface area (TPSA) is 75.4 Å². The number of nitrogens with two attached hydrogens (primary N) is 1. The van der Waals surface area contributed by atoms with Crippen LogP contribution in [-0.4, -0.2) is 53.5 Å². The molecule has 1 saturated heterocycles. The van der Waals surface area contributed by atoms with E-state index in [0.29, 0.717) is 6.54 Å². The summed E-state index contributed by atoms with van der Waals surface area (Å²) in [6, 6.07) is 0. The van der Waals surface area contributed by atoms with Gasteiger partial charge in [-0.15, -0.1) is 0 Å². The van der Waals surface area contributed by atoms with Crippen LogP contribution < -0.4 is 10.6 Å². The van der Waals surface area contributed by atoms with Gasteiger partial charge < -0.3 is 10.6 Å². The summed E-state index contributed by atoms with van der Waals surface area (Å²) in [5, 5.41) is 0. The third kappa shape index (κ3) is 3.39. The van der Waals surface area contributed by atoms with E-state index in [-0.39, 0.29) is 5.91 Å². The van der Waals surface area contributed by atoms with Crippen LogP contribution in [0, 0.1) is 6.42 Å². The first-order valence-electron chi connectivity index (χ1n) is 5.61. The van der Waals surface area contributed by atoms with Gasteiger partial charge >= 0.3 is 0 Å². The number of anilines is 1. The lowest BCUT2D eigenvalue weighted by atomic mass is 10.3. The Morgan fingerprint density at radius 3 is 2.71 bits per heavy atom. The molecule has 0 aliphatic carbocycles. The average Bonchev–Trinajstić information content (AvgIpc) is 2.38. The van der Waals surface area contributed by atoms with Crippen LogP contribution in [0.1, 0.15) is 0 Å². The minimum absolute atomic E-state index is 0.360. The lowest BCUT2D eigenvalue weighted by Gasteiger charge is -2.34. The molecule has 1 amide bonds. The molecule has 1 aromatic heterocycles. The number of hydrogen-bond donors (Lipinski definition) is 1. The van der Waals surface area contributed by atoms with Crippen LogP contribution in [0.3, 0.4) is 0 Å². The molecule has 1 fully saturated rings. The highest BCUT2D eigenvalue weighted by atomic mass is 16.1. The van der Waals surface area contributed by atoms with E-state index >= 15 is 0 Å². The number of nitrogens with zero attached hydrogens (tertiary/aromatic N) is 4. The fourth-order valence-corrected chi connectivity index (χ4v) is 1.83. The molecule has 2 heterocycles. The molecule has 0 unspecified atom stereocenters. The summed E-state index contributed by atoms with van der Waals surface area (Å²) < 4.78 is 0. The van der Waals surface area contributed by atoms with Crippen molar-refractivity contribution in [1.82, 2.24) is 14.9 Å². The average molecular weight is 234 g/mol. The number of aromatic nitrogens is 2. The largest absolute Gasteiger partial charge is 0.369 e. The van der Waals surface area contributed by atoms with Crippen LogP contribution in [0.25, 0.3) is 0 Å². The van der Waals surface area contributed by atoms with Crippen LogP contribution >= 0.6 is 0 Å². The van der Waals surface area contributed by atoms with Gasteiger partial charge in [-0.05, 0) is 0 Å². The van der Waals surface area contributed by atoms with Gasteiger partial charge in [0.1, 0.15) is 5.82 Å². The van der Waals surface area contributed by atoms with Gasteiger partial charge in [0.15, 0.2) is 0 Å². The first-order valence-corrected chi connectivity index (χ1v) is 5.61. The highest BCUT2D eigenvalue weighted by Gasteiger charge is 2.17. The van der Waals surface area contributed by atoms with E-state index in [1.165, 1.54) is 6.42 Å². The predicted octanol–water partition coefficient (Wildman–Crippen LogP) is -0.712. The molecule has 0 atom stereocenters. The number of amides is 1. The van der Waals surface area contributed by atoms with E-state index in [9.17, 15) is 4.79 Å².